The van der Waals surface area contributed by atoms with Gasteiger partial charge in [-0.15, -0.1) is 0 Å². The van der Waals surface area contributed by atoms with E-state index in [2.05, 4.69) is 59.8 Å². The fourth-order valence-corrected chi connectivity index (χ4v) is 4.96. The van der Waals surface area contributed by atoms with Gasteiger partial charge in [-0.3, -0.25) is 4.90 Å². The van der Waals surface area contributed by atoms with E-state index in [1.165, 1.54) is 17.0 Å². The zero-order valence-electron chi connectivity index (χ0n) is 20.3. The van der Waals surface area contributed by atoms with E-state index in [0.717, 1.165) is 0 Å². The summed E-state index contributed by atoms with van der Waals surface area (Å²) in [6.45, 7) is 10.6. The Morgan fingerprint density at radius 2 is 2.14 bits per heavy atom. The highest BCUT2D eigenvalue weighted by molar-refractivity contribution is 9.10. The molecule has 1 aromatic heterocycles. The minimum absolute atomic E-state index is 0.0178. The predicted octanol–water partition coefficient (Wildman–Crippen LogP) is 4.89. The highest BCUT2D eigenvalue weighted by atomic mass is 79.9. The molecule has 1 aliphatic heterocycles. The number of nitrogens with zero attached hydrogens (tertiary/aromatic N) is 3. The minimum Gasteiger partial charge on any atom is -0.442 e. The molecule has 2 aromatic rings. The van der Waals surface area contributed by atoms with Crippen molar-refractivity contribution in [3.8, 4) is 0 Å². The van der Waals surface area contributed by atoms with Gasteiger partial charge in [0.05, 0.1) is 25.4 Å². The van der Waals surface area contributed by atoms with Crippen LogP contribution >= 0.6 is 15.9 Å². The fraction of sp³-hybridized carbons (Fsp3) is 0.545. The van der Waals surface area contributed by atoms with Crippen molar-refractivity contribution < 1.29 is 28.4 Å². The van der Waals surface area contributed by atoms with Gasteiger partial charge in [0.2, 0.25) is 0 Å². The van der Waals surface area contributed by atoms with Gasteiger partial charge in [-0.05, 0) is 40.8 Å². The number of aromatic nitrogens is 2. The van der Waals surface area contributed by atoms with E-state index in [0.29, 0.717) is 5.69 Å². The van der Waals surface area contributed by atoms with Crippen molar-refractivity contribution in [1.29, 1.82) is 0 Å². The Labute approximate surface area is 212 Å². The third-order valence-corrected chi connectivity index (χ3v) is 11.5. The summed E-state index contributed by atoms with van der Waals surface area (Å²) >= 11 is 3.06. The second-order valence-corrected chi connectivity index (χ2v) is 15.6. The van der Waals surface area contributed by atoms with E-state index in [9.17, 15) is 20.0 Å². The van der Waals surface area contributed by atoms with Crippen LogP contribution in [0.15, 0.2) is 22.9 Å². The average molecular weight is 573 g/mol. The number of H-pyrrole nitrogens is 1. The van der Waals surface area contributed by atoms with Crippen LogP contribution < -0.4 is 4.90 Å². The standard InChI is InChI=1S/C22H30BrFN4O6Si/c1-22(2,3)35(4,5)33-12-15-10-27(21(30)34-15)14-6-7-16(17(24)9-14)13(11-29)8-18-19(28(31)32)26-20(23)25-18/h6-7,9,13,15,29H,8,10-12H2,1-5H3,(H,25,26). The number of halogens is 2. The largest absolute Gasteiger partial charge is 0.442 e. The summed E-state index contributed by atoms with van der Waals surface area (Å²) in [5.74, 6) is -1.74. The molecule has 1 fully saturated rings. The number of rotatable bonds is 9. The van der Waals surface area contributed by atoms with Crippen LogP contribution in [0.25, 0.3) is 0 Å². The Kier molecular flexibility index (Phi) is 8.04. The van der Waals surface area contributed by atoms with E-state index in [1.54, 1.807) is 6.07 Å². The quantitative estimate of drug-likeness (QED) is 0.248. The summed E-state index contributed by atoms with van der Waals surface area (Å²) < 4.78 is 26.9. The first kappa shape index (κ1) is 27.2. The van der Waals surface area contributed by atoms with Crippen LogP contribution in [0.3, 0.4) is 0 Å². The van der Waals surface area contributed by atoms with E-state index in [1.807, 2.05) is 0 Å². The second kappa shape index (κ2) is 10.3. The van der Waals surface area contributed by atoms with Crippen LogP contribution in [0.4, 0.5) is 20.7 Å². The van der Waals surface area contributed by atoms with Crippen molar-refractivity contribution >= 4 is 41.8 Å². The van der Waals surface area contributed by atoms with Gasteiger partial charge in [0, 0.05) is 28.3 Å². The SMILES string of the molecule is CC(C)(C)[Si](C)(C)OCC1CN(c2ccc(C(CO)Cc3nc(Br)[nH]c3[N+](=O)[O-])c(F)c2)C(=O)O1. The number of nitro groups is 1. The van der Waals surface area contributed by atoms with Crippen molar-refractivity contribution in [2.75, 3.05) is 24.7 Å². The fourth-order valence-electron chi connectivity index (χ4n) is 3.52. The van der Waals surface area contributed by atoms with Gasteiger partial charge in [-0.1, -0.05) is 26.8 Å². The van der Waals surface area contributed by atoms with Gasteiger partial charge in [0.25, 0.3) is 4.73 Å². The summed E-state index contributed by atoms with van der Waals surface area (Å²) in [4.78, 5) is 30.9. The topological polar surface area (TPSA) is 131 Å². The molecular weight excluding hydrogens is 543 g/mol. The molecule has 0 radical (unpaired) electrons. The summed E-state index contributed by atoms with van der Waals surface area (Å²) in [5, 5.41) is 21.1. The van der Waals surface area contributed by atoms with Crippen LogP contribution in [0.2, 0.25) is 18.1 Å². The molecule has 2 heterocycles. The van der Waals surface area contributed by atoms with Gasteiger partial charge >= 0.3 is 11.9 Å². The number of aliphatic hydroxyl groups excluding tert-OH is 1. The monoisotopic (exact) mass is 572 g/mol. The molecule has 2 N–H and O–H groups in total. The molecule has 0 saturated carbocycles. The maximum absolute atomic E-state index is 15.1. The van der Waals surface area contributed by atoms with E-state index < -0.39 is 43.8 Å². The zero-order chi connectivity index (χ0) is 26.1. The van der Waals surface area contributed by atoms with Gasteiger partial charge in [-0.2, -0.15) is 4.98 Å². The molecule has 3 rings (SSSR count). The number of amides is 1. The number of cyclic esters (lactones) is 1. The summed E-state index contributed by atoms with van der Waals surface area (Å²) in [6.07, 6.45) is -1.11. The first-order chi connectivity index (χ1) is 16.2. The molecule has 13 heteroatoms. The van der Waals surface area contributed by atoms with E-state index in [4.69, 9.17) is 9.16 Å². The molecule has 0 aliphatic carbocycles. The van der Waals surface area contributed by atoms with Crippen molar-refractivity contribution in [2.45, 2.75) is 57.3 Å². The van der Waals surface area contributed by atoms with Crippen molar-refractivity contribution in [1.82, 2.24) is 9.97 Å². The summed E-state index contributed by atoms with van der Waals surface area (Å²) in [5.41, 5.74) is 0.573. The number of carbonyl (C=O) groups is 1. The molecule has 1 aliphatic rings. The number of benzene rings is 1. The third kappa shape index (κ3) is 6.08. The number of anilines is 1. The number of ether oxygens (including phenoxy) is 1. The number of carbonyl (C=O) groups excluding carboxylic acids is 1. The van der Waals surface area contributed by atoms with Crippen LogP contribution in [0, 0.1) is 15.9 Å². The molecule has 1 amide bonds. The van der Waals surface area contributed by atoms with Gasteiger partial charge in [0.1, 0.15) is 17.6 Å². The van der Waals surface area contributed by atoms with Crippen LogP contribution in [0.5, 0.6) is 0 Å². The Morgan fingerprint density at radius 3 is 2.71 bits per heavy atom. The van der Waals surface area contributed by atoms with Gasteiger partial charge in [0.15, 0.2) is 8.32 Å². The number of hydrogen-bond acceptors (Lipinski definition) is 7. The lowest BCUT2D eigenvalue weighted by molar-refractivity contribution is -0.390. The average Bonchev–Trinajstić information content (AvgIpc) is 3.32. The molecule has 192 valence electrons. The van der Waals surface area contributed by atoms with Crippen molar-refractivity contribution in [2.24, 2.45) is 0 Å². The Hall–Kier alpha value is -2.35. The lowest BCUT2D eigenvalue weighted by atomic mass is 9.94. The highest BCUT2D eigenvalue weighted by Gasteiger charge is 2.40. The lowest BCUT2D eigenvalue weighted by Gasteiger charge is -2.36. The Bertz CT molecular complexity index is 1110. The molecule has 35 heavy (non-hydrogen) atoms. The first-order valence-corrected chi connectivity index (χ1v) is 14.8. The summed E-state index contributed by atoms with van der Waals surface area (Å²) in [7, 11) is -2.02. The van der Waals surface area contributed by atoms with Crippen LogP contribution in [-0.4, -0.2) is 60.3 Å². The number of imidazole rings is 1. The molecule has 0 bridgehead atoms. The van der Waals surface area contributed by atoms with Gasteiger partial charge in [-0.25, -0.2) is 14.2 Å². The number of aromatic amines is 1. The van der Waals surface area contributed by atoms with Crippen molar-refractivity contribution in [3.05, 3.63) is 50.1 Å². The zero-order valence-corrected chi connectivity index (χ0v) is 22.9. The first-order valence-electron chi connectivity index (χ1n) is 11.1. The van der Waals surface area contributed by atoms with Crippen molar-refractivity contribution in [3.63, 3.8) is 0 Å². The molecule has 1 saturated heterocycles. The summed E-state index contributed by atoms with van der Waals surface area (Å²) in [6, 6.07) is 4.23. The van der Waals surface area contributed by atoms with Crippen LogP contribution in [-0.2, 0) is 15.6 Å². The van der Waals surface area contributed by atoms with Crippen LogP contribution in [0.1, 0.15) is 37.9 Å². The molecular formula is C22H30BrFN4O6Si. The number of nitrogens with one attached hydrogen (secondary N) is 1. The lowest BCUT2D eigenvalue weighted by Crippen LogP contribution is -2.43. The Morgan fingerprint density at radius 1 is 1.46 bits per heavy atom. The second-order valence-electron chi connectivity index (χ2n) is 10.1. The smallest absolute Gasteiger partial charge is 0.414 e. The Balaban J connectivity index is 1.72. The van der Waals surface area contributed by atoms with E-state index in [-0.39, 0.29) is 46.4 Å². The number of aliphatic hydroxyl groups is 1. The predicted molar refractivity (Wildman–Crippen MR) is 134 cm³/mol. The molecule has 2 atom stereocenters. The molecule has 1 aromatic carbocycles. The molecule has 2 unspecified atom stereocenters. The third-order valence-electron chi connectivity index (χ3n) is 6.62. The maximum atomic E-state index is 15.1. The molecule has 0 spiro atoms. The number of hydrogen-bond donors (Lipinski definition) is 2. The normalized spacial score (nSPS) is 17.5. The highest BCUT2D eigenvalue weighted by Crippen LogP contribution is 2.37. The maximum Gasteiger partial charge on any atom is 0.414 e. The minimum atomic E-state index is -2.02. The van der Waals surface area contributed by atoms with Gasteiger partial charge < -0.3 is 24.4 Å². The van der Waals surface area contributed by atoms with E-state index >= 15 is 4.39 Å². The molecule has 10 nitrogen and oxygen atoms in total.